The standard InChI is InChI=1S/C51H31N3O/c1-3-10-32(11-4-1)37-22-23-39-30-42(25-24-38(39)28-37)51-53-49(35-12-5-2-6-13-35)52-50(54-51)41-15-9-14-36(29-41)40-21-19-33-18-20-34-26-27-46-48(47(34)44(33)31-40)43-16-7-8-17-45(43)55-46/h1-31H. The van der Waals surface area contributed by atoms with Gasteiger partial charge in [-0.2, -0.15) is 0 Å². The molecule has 0 amide bonds. The van der Waals surface area contributed by atoms with Crippen LogP contribution in [0.5, 0.6) is 0 Å². The molecule has 0 aliphatic carbocycles. The Kier molecular flexibility index (Phi) is 7.14. The Bertz CT molecular complexity index is 3260. The summed E-state index contributed by atoms with van der Waals surface area (Å²) in [7, 11) is 0. The molecule has 0 bridgehead atoms. The number of para-hydroxylation sites is 1. The Morgan fingerprint density at radius 1 is 0.273 bits per heavy atom. The molecular weight excluding hydrogens is 671 g/mol. The van der Waals surface area contributed by atoms with Crippen molar-refractivity contribution in [2.24, 2.45) is 0 Å². The molecule has 0 spiro atoms. The summed E-state index contributed by atoms with van der Waals surface area (Å²) in [6.45, 7) is 0. The van der Waals surface area contributed by atoms with Crippen molar-refractivity contribution in [3.05, 3.63) is 188 Å². The van der Waals surface area contributed by atoms with Crippen LogP contribution in [0.3, 0.4) is 0 Å². The molecule has 0 N–H and O–H groups in total. The number of aromatic nitrogens is 3. The molecule has 0 fully saturated rings. The van der Waals surface area contributed by atoms with Crippen molar-refractivity contribution in [2.75, 3.05) is 0 Å². The SMILES string of the molecule is c1ccc(-c2ccc3cc(-c4nc(-c5ccccc5)nc(-c5cccc(-c6ccc7ccc8ccc9oc%10ccccc%10c9c8c7c6)c5)n4)ccc3c2)cc1. The lowest BCUT2D eigenvalue weighted by Gasteiger charge is -2.11. The molecule has 0 aliphatic rings. The first-order valence-electron chi connectivity index (χ1n) is 18.5. The van der Waals surface area contributed by atoms with Gasteiger partial charge >= 0.3 is 0 Å². The van der Waals surface area contributed by atoms with Crippen LogP contribution < -0.4 is 0 Å². The van der Waals surface area contributed by atoms with Crippen LogP contribution >= 0.6 is 0 Å². The van der Waals surface area contributed by atoms with E-state index >= 15 is 0 Å². The van der Waals surface area contributed by atoms with Crippen LogP contribution in [0.2, 0.25) is 0 Å². The predicted molar refractivity (Wildman–Crippen MR) is 227 cm³/mol. The van der Waals surface area contributed by atoms with E-state index in [1.54, 1.807) is 0 Å². The van der Waals surface area contributed by atoms with Crippen LogP contribution in [0.15, 0.2) is 192 Å². The summed E-state index contributed by atoms with van der Waals surface area (Å²) < 4.78 is 6.30. The zero-order valence-electron chi connectivity index (χ0n) is 29.6. The Morgan fingerprint density at radius 2 is 0.782 bits per heavy atom. The van der Waals surface area contributed by atoms with Crippen molar-refractivity contribution in [1.29, 1.82) is 0 Å². The highest BCUT2D eigenvalue weighted by Gasteiger charge is 2.16. The van der Waals surface area contributed by atoms with Crippen LogP contribution in [0.25, 0.3) is 111 Å². The number of hydrogen-bond donors (Lipinski definition) is 0. The minimum atomic E-state index is 0.628. The van der Waals surface area contributed by atoms with Crippen molar-refractivity contribution in [1.82, 2.24) is 15.0 Å². The normalized spacial score (nSPS) is 11.6. The highest BCUT2D eigenvalue weighted by atomic mass is 16.3. The fraction of sp³-hybridized carbons (Fsp3) is 0. The summed E-state index contributed by atoms with van der Waals surface area (Å²) in [6, 6.07) is 65.9. The van der Waals surface area contributed by atoms with E-state index in [1.165, 1.54) is 38.1 Å². The molecule has 0 aliphatic heterocycles. The van der Waals surface area contributed by atoms with Gasteiger partial charge in [-0.1, -0.05) is 152 Å². The third kappa shape index (κ3) is 5.43. The summed E-state index contributed by atoms with van der Waals surface area (Å²) in [4.78, 5) is 15.2. The topological polar surface area (TPSA) is 51.8 Å². The van der Waals surface area contributed by atoms with E-state index in [0.717, 1.165) is 55.1 Å². The smallest absolute Gasteiger partial charge is 0.164 e. The average molecular weight is 702 g/mol. The zero-order chi connectivity index (χ0) is 36.3. The molecule has 0 saturated carbocycles. The van der Waals surface area contributed by atoms with E-state index in [-0.39, 0.29) is 0 Å². The molecule has 2 heterocycles. The van der Waals surface area contributed by atoms with Crippen LogP contribution in [0.1, 0.15) is 0 Å². The summed E-state index contributed by atoms with van der Waals surface area (Å²) in [5.74, 6) is 1.90. The van der Waals surface area contributed by atoms with Crippen molar-refractivity contribution < 1.29 is 4.42 Å². The van der Waals surface area contributed by atoms with Crippen molar-refractivity contribution in [3.63, 3.8) is 0 Å². The maximum absolute atomic E-state index is 6.30. The molecule has 9 aromatic carbocycles. The number of benzene rings is 9. The van der Waals surface area contributed by atoms with Gasteiger partial charge in [-0.15, -0.1) is 0 Å². The van der Waals surface area contributed by atoms with E-state index in [0.29, 0.717) is 17.5 Å². The number of fused-ring (bicyclic) bond motifs is 8. The van der Waals surface area contributed by atoms with Gasteiger partial charge in [0.25, 0.3) is 0 Å². The molecule has 2 aromatic heterocycles. The summed E-state index contributed by atoms with van der Waals surface area (Å²) in [6.07, 6.45) is 0. The maximum atomic E-state index is 6.30. The second-order valence-corrected chi connectivity index (χ2v) is 14.0. The molecule has 0 saturated heterocycles. The molecule has 256 valence electrons. The minimum Gasteiger partial charge on any atom is -0.456 e. The zero-order valence-corrected chi connectivity index (χ0v) is 29.6. The van der Waals surface area contributed by atoms with Crippen LogP contribution in [0, 0.1) is 0 Å². The number of rotatable bonds is 5. The minimum absolute atomic E-state index is 0.628. The average Bonchev–Trinajstić information content (AvgIpc) is 3.65. The van der Waals surface area contributed by atoms with Gasteiger partial charge in [-0.25, -0.2) is 15.0 Å². The van der Waals surface area contributed by atoms with Crippen molar-refractivity contribution in [3.8, 4) is 56.4 Å². The second-order valence-electron chi connectivity index (χ2n) is 14.0. The van der Waals surface area contributed by atoms with Crippen molar-refractivity contribution >= 4 is 54.3 Å². The fourth-order valence-corrected chi connectivity index (χ4v) is 7.92. The Balaban J connectivity index is 1.04. The lowest BCUT2D eigenvalue weighted by Crippen LogP contribution is -2.00. The van der Waals surface area contributed by atoms with Gasteiger partial charge in [-0.3, -0.25) is 0 Å². The first-order valence-corrected chi connectivity index (χ1v) is 18.5. The van der Waals surface area contributed by atoms with Gasteiger partial charge in [0.1, 0.15) is 11.2 Å². The van der Waals surface area contributed by atoms with Gasteiger partial charge < -0.3 is 4.42 Å². The summed E-state index contributed by atoms with van der Waals surface area (Å²) >= 11 is 0. The largest absolute Gasteiger partial charge is 0.456 e. The Labute approximate surface area is 317 Å². The fourth-order valence-electron chi connectivity index (χ4n) is 7.92. The molecule has 0 atom stereocenters. The molecular formula is C51H31N3O. The number of furan rings is 1. The van der Waals surface area contributed by atoms with Gasteiger partial charge in [-0.05, 0) is 85.6 Å². The number of hydrogen-bond acceptors (Lipinski definition) is 4. The molecule has 4 nitrogen and oxygen atoms in total. The summed E-state index contributed by atoms with van der Waals surface area (Å²) in [5, 5.41) is 9.36. The maximum Gasteiger partial charge on any atom is 0.164 e. The lowest BCUT2D eigenvalue weighted by atomic mass is 9.94. The van der Waals surface area contributed by atoms with Crippen LogP contribution in [0.4, 0.5) is 0 Å². The third-order valence-electron chi connectivity index (χ3n) is 10.7. The van der Waals surface area contributed by atoms with Crippen LogP contribution in [-0.2, 0) is 0 Å². The summed E-state index contributed by atoms with van der Waals surface area (Å²) in [5.41, 5.74) is 9.21. The van der Waals surface area contributed by atoms with E-state index in [1.807, 2.05) is 48.5 Å². The highest BCUT2D eigenvalue weighted by molar-refractivity contribution is 6.26. The highest BCUT2D eigenvalue weighted by Crippen LogP contribution is 2.40. The first kappa shape index (κ1) is 31.1. The Morgan fingerprint density at radius 3 is 1.56 bits per heavy atom. The molecule has 0 unspecified atom stereocenters. The molecule has 11 aromatic rings. The van der Waals surface area contributed by atoms with Gasteiger partial charge in [0.05, 0.1) is 0 Å². The monoisotopic (exact) mass is 701 g/mol. The van der Waals surface area contributed by atoms with Gasteiger partial charge in [0.2, 0.25) is 0 Å². The second kappa shape index (κ2) is 12.6. The van der Waals surface area contributed by atoms with Crippen LogP contribution in [-0.4, -0.2) is 15.0 Å². The number of nitrogens with zero attached hydrogens (tertiary/aromatic N) is 3. The first-order chi connectivity index (χ1) is 27.2. The predicted octanol–water partition coefficient (Wildman–Crippen LogP) is 13.6. The van der Waals surface area contributed by atoms with Gasteiger partial charge in [0, 0.05) is 32.8 Å². The third-order valence-corrected chi connectivity index (χ3v) is 10.7. The molecule has 0 radical (unpaired) electrons. The Hall–Kier alpha value is -7.43. The van der Waals surface area contributed by atoms with E-state index in [2.05, 4.69) is 140 Å². The molecule has 4 heteroatoms. The van der Waals surface area contributed by atoms with E-state index in [9.17, 15) is 0 Å². The molecule has 55 heavy (non-hydrogen) atoms. The van der Waals surface area contributed by atoms with Crippen molar-refractivity contribution in [2.45, 2.75) is 0 Å². The van der Waals surface area contributed by atoms with E-state index in [4.69, 9.17) is 19.4 Å². The lowest BCUT2D eigenvalue weighted by molar-refractivity contribution is 0.669. The van der Waals surface area contributed by atoms with E-state index < -0.39 is 0 Å². The molecule has 11 rings (SSSR count). The quantitative estimate of drug-likeness (QED) is 0.168. The van der Waals surface area contributed by atoms with Gasteiger partial charge in [0.15, 0.2) is 17.5 Å².